The molecule has 1 unspecified atom stereocenters. The molecule has 2 nitrogen and oxygen atoms in total. The third-order valence-electron chi connectivity index (χ3n) is 3.93. The van der Waals surface area contributed by atoms with Gasteiger partial charge in [-0.1, -0.05) is 35.9 Å². The normalized spacial score (nSPS) is 12.0. The van der Waals surface area contributed by atoms with E-state index in [0.29, 0.717) is 6.04 Å². The average Bonchev–Trinajstić information content (AvgIpc) is 2.40. The molecule has 0 aliphatic rings. The number of benzene rings is 2. The molecule has 0 heterocycles. The van der Waals surface area contributed by atoms with Crippen LogP contribution in [0.5, 0.6) is 0 Å². The first-order chi connectivity index (χ1) is 9.47. The third kappa shape index (κ3) is 4.48. The second-order valence-corrected chi connectivity index (χ2v) is 5.70. The SMILES string of the molecule is Cc1ccc(C)c(C(C)N(C)Cc2cccc(N)c2)c1.Cl. The molecule has 0 amide bonds. The van der Waals surface area contributed by atoms with Crippen molar-refractivity contribution in [1.29, 1.82) is 0 Å². The van der Waals surface area contributed by atoms with Crippen LogP contribution in [0.2, 0.25) is 0 Å². The summed E-state index contributed by atoms with van der Waals surface area (Å²) in [4.78, 5) is 2.36. The van der Waals surface area contributed by atoms with Crippen LogP contribution in [0.25, 0.3) is 0 Å². The van der Waals surface area contributed by atoms with Gasteiger partial charge < -0.3 is 5.73 Å². The molecule has 0 aromatic heterocycles. The van der Waals surface area contributed by atoms with E-state index in [0.717, 1.165) is 12.2 Å². The Hall–Kier alpha value is -1.51. The van der Waals surface area contributed by atoms with Crippen molar-refractivity contribution in [2.45, 2.75) is 33.4 Å². The van der Waals surface area contributed by atoms with E-state index in [1.807, 2.05) is 18.2 Å². The van der Waals surface area contributed by atoms with E-state index in [4.69, 9.17) is 5.73 Å². The Bertz CT molecular complexity index is 596. The first kappa shape index (κ1) is 17.5. The van der Waals surface area contributed by atoms with E-state index >= 15 is 0 Å². The zero-order valence-corrected chi connectivity index (χ0v) is 14.1. The summed E-state index contributed by atoms with van der Waals surface area (Å²) < 4.78 is 0. The topological polar surface area (TPSA) is 29.3 Å². The quantitative estimate of drug-likeness (QED) is 0.843. The molecule has 0 aliphatic carbocycles. The number of aryl methyl sites for hydroxylation is 2. The molecule has 0 saturated carbocycles. The summed E-state index contributed by atoms with van der Waals surface area (Å²) in [7, 11) is 2.16. The maximum atomic E-state index is 5.85. The number of nitrogens with zero attached hydrogens (tertiary/aromatic N) is 1. The molecule has 0 saturated heterocycles. The van der Waals surface area contributed by atoms with Gasteiger partial charge in [-0.2, -0.15) is 0 Å². The number of nitrogen functional groups attached to an aromatic ring is 1. The van der Waals surface area contributed by atoms with Crippen LogP contribution in [-0.4, -0.2) is 11.9 Å². The van der Waals surface area contributed by atoms with Gasteiger partial charge in [-0.25, -0.2) is 0 Å². The first-order valence-electron chi connectivity index (χ1n) is 7.09. The molecule has 0 bridgehead atoms. The predicted molar refractivity (Wildman–Crippen MR) is 93.9 cm³/mol. The fourth-order valence-electron chi connectivity index (χ4n) is 2.56. The molecule has 2 aromatic carbocycles. The largest absolute Gasteiger partial charge is 0.399 e. The van der Waals surface area contributed by atoms with Crippen molar-refractivity contribution < 1.29 is 0 Å². The molecule has 114 valence electrons. The Morgan fingerprint density at radius 2 is 1.81 bits per heavy atom. The van der Waals surface area contributed by atoms with Crippen LogP contribution >= 0.6 is 12.4 Å². The van der Waals surface area contributed by atoms with Crippen molar-refractivity contribution in [2.75, 3.05) is 12.8 Å². The molecular weight excluding hydrogens is 280 g/mol. The Balaban J connectivity index is 0.00000220. The lowest BCUT2D eigenvalue weighted by atomic mass is 9.99. The van der Waals surface area contributed by atoms with Crippen LogP contribution in [-0.2, 0) is 6.54 Å². The summed E-state index contributed by atoms with van der Waals surface area (Å²) in [6.45, 7) is 7.49. The average molecular weight is 305 g/mol. The Morgan fingerprint density at radius 3 is 2.48 bits per heavy atom. The second-order valence-electron chi connectivity index (χ2n) is 5.70. The fraction of sp³-hybridized carbons (Fsp3) is 0.333. The molecule has 0 fully saturated rings. The van der Waals surface area contributed by atoms with E-state index in [9.17, 15) is 0 Å². The van der Waals surface area contributed by atoms with Crippen LogP contribution in [0, 0.1) is 13.8 Å². The van der Waals surface area contributed by atoms with Crippen molar-refractivity contribution in [3.63, 3.8) is 0 Å². The second kappa shape index (κ2) is 7.48. The summed E-state index contributed by atoms with van der Waals surface area (Å²) in [5, 5.41) is 0. The van der Waals surface area contributed by atoms with Crippen LogP contribution in [0.15, 0.2) is 42.5 Å². The van der Waals surface area contributed by atoms with Crippen LogP contribution < -0.4 is 5.73 Å². The Morgan fingerprint density at radius 1 is 1.10 bits per heavy atom. The Kier molecular flexibility index (Phi) is 6.25. The van der Waals surface area contributed by atoms with Gasteiger partial charge in [-0.15, -0.1) is 12.4 Å². The van der Waals surface area contributed by atoms with E-state index in [1.165, 1.54) is 22.3 Å². The summed E-state index contributed by atoms with van der Waals surface area (Å²) in [5.41, 5.74) is 12.0. The predicted octanol–water partition coefficient (Wildman–Crippen LogP) is 4.50. The lowest BCUT2D eigenvalue weighted by Crippen LogP contribution is -2.22. The monoisotopic (exact) mass is 304 g/mol. The van der Waals surface area contributed by atoms with Crippen molar-refractivity contribution >= 4 is 18.1 Å². The minimum atomic E-state index is 0. The van der Waals surface area contributed by atoms with Gasteiger partial charge >= 0.3 is 0 Å². The minimum Gasteiger partial charge on any atom is -0.399 e. The van der Waals surface area contributed by atoms with Crippen molar-refractivity contribution in [1.82, 2.24) is 4.90 Å². The van der Waals surface area contributed by atoms with Gasteiger partial charge in [0.05, 0.1) is 0 Å². The Labute approximate surface area is 134 Å². The molecule has 2 aromatic rings. The highest BCUT2D eigenvalue weighted by molar-refractivity contribution is 5.85. The summed E-state index contributed by atoms with van der Waals surface area (Å²) in [6, 6.07) is 15.2. The zero-order valence-electron chi connectivity index (χ0n) is 13.3. The highest BCUT2D eigenvalue weighted by Crippen LogP contribution is 2.25. The van der Waals surface area contributed by atoms with Gasteiger partial charge in [0.25, 0.3) is 0 Å². The molecule has 1 atom stereocenters. The standard InChI is InChI=1S/C18H24N2.ClH/c1-13-8-9-14(2)18(10-13)15(3)20(4)12-16-6-5-7-17(19)11-16;/h5-11,15H,12,19H2,1-4H3;1H. The fourth-order valence-corrected chi connectivity index (χ4v) is 2.56. The maximum absolute atomic E-state index is 5.85. The van der Waals surface area contributed by atoms with Gasteiger partial charge in [-0.05, 0) is 56.6 Å². The van der Waals surface area contributed by atoms with Gasteiger partial charge in [0, 0.05) is 18.3 Å². The van der Waals surface area contributed by atoms with Crippen LogP contribution in [0.1, 0.15) is 35.2 Å². The van der Waals surface area contributed by atoms with Crippen LogP contribution in [0.4, 0.5) is 5.69 Å². The van der Waals surface area contributed by atoms with Crippen molar-refractivity contribution in [3.05, 3.63) is 64.7 Å². The lowest BCUT2D eigenvalue weighted by molar-refractivity contribution is 0.252. The van der Waals surface area contributed by atoms with Crippen molar-refractivity contribution in [3.8, 4) is 0 Å². The first-order valence-corrected chi connectivity index (χ1v) is 7.09. The summed E-state index contributed by atoms with van der Waals surface area (Å²) in [6.07, 6.45) is 0. The molecule has 2 rings (SSSR count). The number of rotatable bonds is 4. The smallest absolute Gasteiger partial charge is 0.0323 e. The van der Waals surface area contributed by atoms with Crippen LogP contribution in [0.3, 0.4) is 0 Å². The molecule has 0 radical (unpaired) electrons. The summed E-state index contributed by atoms with van der Waals surface area (Å²) in [5.74, 6) is 0. The number of anilines is 1. The third-order valence-corrected chi connectivity index (χ3v) is 3.93. The van der Waals surface area contributed by atoms with E-state index in [-0.39, 0.29) is 12.4 Å². The minimum absolute atomic E-state index is 0. The van der Waals surface area contributed by atoms with E-state index in [2.05, 4.69) is 57.0 Å². The van der Waals surface area contributed by atoms with E-state index in [1.54, 1.807) is 0 Å². The van der Waals surface area contributed by atoms with Gasteiger partial charge in [-0.3, -0.25) is 4.90 Å². The van der Waals surface area contributed by atoms with Gasteiger partial charge in [0.1, 0.15) is 0 Å². The summed E-state index contributed by atoms with van der Waals surface area (Å²) >= 11 is 0. The number of hydrogen-bond donors (Lipinski definition) is 1. The molecule has 21 heavy (non-hydrogen) atoms. The highest BCUT2D eigenvalue weighted by Gasteiger charge is 2.14. The number of halogens is 1. The molecule has 3 heteroatoms. The molecule has 0 aliphatic heterocycles. The zero-order chi connectivity index (χ0) is 14.7. The van der Waals surface area contributed by atoms with Gasteiger partial charge in [0.2, 0.25) is 0 Å². The lowest BCUT2D eigenvalue weighted by Gasteiger charge is -2.27. The molecule has 2 N–H and O–H groups in total. The molecular formula is C18H25ClN2. The molecule has 0 spiro atoms. The van der Waals surface area contributed by atoms with Crippen molar-refractivity contribution in [2.24, 2.45) is 0 Å². The maximum Gasteiger partial charge on any atom is 0.0323 e. The van der Waals surface area contributed by atoms with Gasteiger partial charge in [0.15, 0.2) is 0 Å². The number of hydrogen-bond acceptors (Lipinski definition) is 2. The number of nitrogens with two attached hydrogens (primary N) is 1. The highest BCUT2D eigenvalue weighted by atomic mass is 35.5. The van der Waals surface area contributed by atoms with E-state index < -0.39 is 0 Å².